The van der Waals surface area contributed by atoms with Crippen LogP contribution in [0.5, 0.6) is 0 Å². The van der Waals surface area contributed by atoms with E-state index in [1.165, 1.54) is 15.9 Å². The lowest BCUT2D eigenvalue weighted by molar-refractivity contribution is -0.139. The van der Waals surface area contributed by atoms with E-state index in [9.17, 15) is 13.2 Å². The monoisotopic (exact) mass is 517 g/mol. The number of alkyl halides is 4. The number of benzene rings is 2. The van der Waals surface area contributed by atoms with Gasteiger partial charge < -0.3 is 20.1 Å². The first kappa shape index (κ1) is 24.6. The summed E-state index contributed by atoms with van der Waals surface area (Å²) in [5, 5.41) is 1.03. The van der Waals surface area contributed by atoms with E-state index in [0.717, 1.165) is 17.1 Å². The highest BCUT2D eigenvalue weighted by molar-refractivity contribution is 7.15. The first-order valence-electron chi connectivity index (χ1n) is 11.7. The molecule has 2 aromatic heterocycles. The summed E-state index contributed by atoms with van der Waals surface area (Å²) in [6.07, 6.45) is -3.07. The van der Waals surface area contributed by atoms with Gasteiger partial charge in [-0.3, -0.25) is 0 Å². The summed E-state index contributed by atoms with van der Waals surface area (Å²) in [6, 6.07) is 16.0. The molecule has 1 aliphatic heterocycles. The summed E-state index contributed by atoms with van der Waals surface area (Å²) in [6.45, 7) is 0.430. The van der Waals surface area contributed by atoms with Crippen molar-refractivity contribution < 1.29 is 17.6 Å². The van der Waals surface area contributed by atoms with Gasteiger partial charge in [-0.05, 0) is 43.8 Å². The lowest BCUT2D eigenvalue weighted by Crippen LogP contribution is -2.51. The maximum absolute atomic E-state index is 15.2. The Morgan fingerprint density at radius 2 is 1.92 bits per heavy atom. The molecule has 0 radical (unpaired) electrons. The number of nitrogens with two attached hydrogens (primary N) is 1. The van der Waals surface area contributed by atoms with E-state index in [0.29, 0.717) is 46.8 Å². The Kier molecular flexibility index (Phi) is 6.65. The van der Waals surface area contributed by atoms with Crippen molar-refractivity contribution in [2.45, 2.75) is 37.9 Å². The average molecular weight is 518 g/mol. The summed E-state index contributed by atoms with van der Waals surface area (Å²) in [4.78, 5) is 9.37. The van der Waals surface area contributed by atoms with Crippen molar-refractivity contribution in [2.24, 2.45) is 0 Å². The lowest BCUT2D eigenvalue weighted by atomic mass is 10.0. The Labute approximate surface area is 210 Å². The highest BCUT2D eigenvalue weighted by Gasteiger charge is 2.34. The van der Waals surface area contributed by atoms with Crippen molar-refractivity contribution >= 4 is 33.6 Å². The van der Waals surface area contributed by atoms with E-state index in [4.69, 9.17) is 5.73 Å². The minimum atomic E-state index is -4.40. The highest BCUT2D eigenvalue weighted by atomic mass is 32.1. The number of halogens is 4. The number of hydrogen-bond donors (Lipinski definition) is 1. The van der Waals surface area contributed by atoms with Crippen molar-refractivity contribution in [3.8, 4) is 10.7 Å². The molecule has 0 spiro atoms. The maximum Gasteiger partial charge on any atom is 0.406 e. The van der Waals surface area contributed by atoms with Crippen molar-refractivity contribution in [1.29, 1.82) is 0 Å². The number of hydrogen-bond acceptors (Lipinski definition) is 5. The van der Waals surface area contributed by atoms with Crippen LogP contribution < -0.4 is 10.6 Å². The number of fused-ring (bicyclic) bond motifs is 1. The normalized spacial score (nSPS) is 19.1. The second kappa shape index (κ2) is 9.74. The molecule has 3 heterocycles. The molecule has 5 rings (SSSR count). The van der Waals surface area contributed by atoms with Crippen LogP contribution in [-0.2, 0) is 13.1 Å². The van der Waals surface area contributed by atoms with E-state index >= 15 is 4.39 Å². The van der Waals surface area contributed by atoms with Crippen LogP contribution in [0.15, 0.2) is 60.8 Å². The Balaban J connectivity index is 1.50. The van der Waals surface area contributed by atoms with E-state index in [1.807, 2.05) is 42.3 Å². The van der Waals surface area contributed by atoms with Gasteiger partial charge >= 0.3 is 6.18 Å². The van der Waals surface area contributed by atoms with Gasteiger partial charge in [-0.1, -0.05) is 24.3 Å². The van der Waals surface area contributed by atoms with Gasteiger partial charge in [0.25, 0.3) is 0 Å². The van der Waals surface area contributed by atoms with Gasteiger partial charge in [0, 0.05) is 40.9 Å². The number of nitrogens with zero attached hydrogens (tertiary/aromatic N) is 4. The predicted molar refractivity (Wildman–Crippen MR) is 137 cm³/mol. The molecule has 36 heavy (non-hydrogen) atoms. The van der Waals surface area contributed by atoms with Gasteiger partial charge in [0.05, 0.1) is 23.8 Å². The number of piperidine rings is 1. The van der Waals surface area contributed by atoms with E-state index in [2.05, 4.69) is 9.88 Å². The first-order chi connectivity index (χ1) is 17.2. The molecule has 2 atom stereocenters. The number of likely N-dealkylation sites (tertiary alicyclic amines) is 1. The summed E-state index contributed by atoms with van der Waals surface area (Å²) < 4.78 is 56.8. The molecule has 10 heteroatoms. The van der Waals surface area contributed by atoms with Gasteiger partial charge in [-0.15, -0.1) is 11.3 Å². The lowest BCUT2D eigenvalue weighted by Gasteiger charge is -2.40. The second-order valence-corrected chi connectivity index (χ2v) is 10.4. The Bertz CT molecular complexity index is 1330. The van der Waals surface area contributed by atoms with Gasteiger partial charge in [0.15, 0.2) is 0 Å². The zero-order valence-electron chi connectivity index (χ0n) is 19.8. The number of anilines is 2. The average Bonchev–Trinajstić information content (AvgIpc) is 3.43. The molecule has 4 aromatic rings. The molecule has 0 unspecified atom stereocenters. The third-order valence-corrected chi connectivity index (χ3v) is 7.62. The number of rotatable bonds is 6. The predicted octanol–water partition coefficient (Wildman–Crippen LogP) is 5.96. The maximum atomic E-state index is 15.2. The van der Waals surface area contributed by atoms with Gasteiger partial charge in [-0.2, -0.15) is 13.2 Å². The number of aromatic nitrogens is 2. The molecule has 0 bridgehead atoms. The first-order valence-corrected chi connectivity index (χ1v) is 12.5. The molecule has 0 aliphatic carbocycles. The molecule has 0 amide bonds. The summed E-state index contributed by atoms with van der Waals surface area (Å²) in [5.74, 6) is 0. The van der Waals surface area contributed by atoms with Crippen LogP contribution in [0.4, 0.5) is 28.9 Å². The van der Waals surface area contributed by atoms with Crippen LogP contribution in [0.25, 0.3) is 21.6 Å². The number of nitrogen functional groups attached to an aromatic ring is 1. The van der Waals surface area contributed by atoms with Gasteiger partial charge in [0.1, 0.15) is 17.7 Å². The smallest absolute Gasteiger partial charge is 0.398 e. The second-order valence-electron chi connectivity index (χ2n) is 9.24. The summed E-state index contributed by atoms with van der Waals surface area (Å²) in [7, 11) is 1.91. The van der Waals surface area contributed by atoms with Crippen LogP contribution in [-0.4, -0.2) is 53.0 Å². The molecular formula is C26H27F4N5S. The standard InChI is InChI=1S/C26H27F4N5S/c1-33-11-10-23(20(27)15-33)34(17-6-3-2-4-7-17)14-18-13-32-25(36-18)24-12-19-21(31)8-5-9-22(19)35(24)16-26(28,29)30/h2-9,12-13,20,23H,10-11,14-16,31H2,1H3/t20-,23+/m1/s1. The molecule has 1 saturated heterocycles. The highest BCUT2D eigenvalue weighted by Crippen LogP contribution is 2.37. The minimum Gasteiger partial charge on any atom is -0.398 e. The van der Waals surface area contributed by atoms with E-state index in [-0.39, 0.29) is 6.04 Å². The Morgan fingerprint density at radius 3 is 2.64 bits per heavy atom. The minimum absolute atomic E-state index is 0.300. The largest absolute Gasteiger partial charge is 0.406 e. The van der Waals surface area contributed by atoms with Crippen LogP contribution in [0, 0.1) is 0 Å². The van der Waals surface area contributed by atoms with Crippen LogP contribution in [0.2, 0.25) is 0 Å². The fourth-order valence-corrected chi connectivity index (χ4v) is 5.85. The van der Waals surface area contributed by atoms with E-state index < -0.39 is 18.9 Å². The summed E-state index contributed by atoms with van der Waals surface area (Å²) >= 11 is 1.32. The molecule has 2 aromatic carbocycles. The topological polar surface area (TPSA) is 50.3 Å². The quantitative estimate of drug-likeness (QED) is 0.253. The SMILES string of the molecule is CN1CC[C@H](N(Cc2cnc(-c3cc4c(N)cccc4n3CC(F)(F)F)s2)c2ccccc2)[C@H](F)C1. The van der Waals surface area contributed by atoms with Gasteiger partial charge in [-0.25, -0.2) is 9.37 Å². The number of thiazole rings is 1. The fraction of sp³-hybridized carbons (Fsp3) is 0.346. The fourth-order valence-electron chi connectivity index (χ4n) is 4.92. The zero-order valence-corrected chi connectivity index (χ0v) is 20.6. The molecule has 1 aliphatic rings. The van der Waals surface area contributed by atoms with Crippen LogP contribution in [0.3, 0.4) is 0 Å². The molecular weight excluding hydrogens is 490 g/mol. The zero-order chi connectivity index (χ0) is 25.4. The third kappa shape index (κ3) is 5.05. The molecule has 190 valence electrons. The van der Waals surface area contributed by atoms with Crippen LogP contribution >= 0.6 is 11.3 Å². The van der Waals surface area contributed by atoms with Crippen molar-refractivity contribution in [3.05, 3.63) is 65.7 Å². The van der Waals surface area contributed by atoms with Gasteiger partial charge in [0.2, 0.25) is 0 Å². The van der Waals surface area contributed by atoms with Crippen molar-refractivity contribution in [1.82, 2.24) is 14.5 Å². The molecule has 5 nitrogen and oxygen atoms in total. The summed E-state index contributed by atoms with van der Waals surface area (Å²) in [5.41, 5.74) is 8.16. The molecule has 0 saturated carbocycles. The van der Waals surface area contributed by atoms with Crippen molar-refractivity contribution in [2.75, 3.05) is 30.8 Å². The van der Waals surface area contributed by atoms with Crippen LogP contribution in [0.1, 0.15) is 11.3 Å². The van der Waals surface area contributed by atoms with E-state index in [1.54, 1.807) is 30.5 Å². The Hall–Kier alpha value is -3.11. The number of para-hydroxylation sites is 1. The molecule has 1 fully saturated rings. The van der Waals surface area contributed by atoms with Crippen molar-refractivity contribution in [3.63, 3.8) is 0 Å². The molecule has 2 N–H and O–H groups in total. The third-order valence-electron chi connectivity index (χ3n) is 6.61. The Morgan fingerprint density at radius 1 is 1.14 bits per heavy atom.